The molecule has 0 saturated heterocycles. The average molecular weight is 854 g/mol. The van der Waals surface area contributed by atoms with Gasteiger partial charge in [0.05, 0.1) is 13.2 Å². The van der Waals surface area contributed by atoms with Crippen molar-refractivity contribution in [3.63, 3.8) is 0 Å². The first kappa shape index (κ1) is 57.2. The number of esters is 2. The van der Waals surface area contributed by atoms with Gasteiger partial charge in [0, 0.05) is 19.4 Å². The van der Waals surface area contributed by atoms with E-state index in [1.54, 1.807) is 0 Å². The molecule has 0 aliphatic rings. The summed E-state index contributed by atoms with van der Waals surface area (Å²) in [4.78, 5) is 34.9. The van der Waals surface area contributed by atoms with Crippen LogP contribution in [0.15, 0.2) is 36.5 Å². The molecule has 0 spiro atoms. The molecule has 0 heterocycles. The van der Waals surface area contributed by atoms with Gasteiger partial charge in [-0.3, -0.25) is 18.6 Å². The zero-order valence-corrected chi connectivity index (χ0v) is 39.1. The summed E-state index contributed by atoms with van der Waals surface area (Å²) in [6, 6.07) is 0. The molecule has 0 saturated carbocycles. The summed E-state index contributed by atoms with van der Waals surface area (Å²) in [5, 5.41) is 0. The predicted octanol–water partition coefficient (Wildman–Crippen LogP) is 14.5. The number of hydrogen-bond donors (Lipinski definition) is 2. The van der Waals surface area contributed by atoms with Gasteiger partial charge in [-0.25, -0.2) is 4.57 Å². The van der Waals surface area contributed by atoms with Crippen molar-refractivity contribution in [2.75, 3.05) is 26.4 Å². The largest absolute Gasteiger partial charge is 0.472 e. The van der Waals surface area contributed by atoms with Crippen LogP contribution in [0.1, 0.15) is 232 Å². The first-order chi connectivity index (χ1) is 28.8. The van der Waals surface area contributed by atoms with Crippen LogP contribution in [0.2, 0.25) is 0 Å². The Balaban J connectivity index is 4.10. The second kappa shape index (κ2) is 45.7. The molecule has 0 bridgehead atoms. The number of rotatable bonds is 46. The fraction of sp³-hybridized carbons (Fsp3) is 0.837. The van der Waals surface area contributed by atoms with Gasteiger partial charge >= 0.3 is 19.8 Å². The monoisotopic (exact) mass is 854 g/mol. The van der Waals surface area contributed by atoms with E-state index >= 15 is 0 Å². The Kier molecular flexibility index (Phi) is 44.4. The highest BCUT2D eigenvalue weighted by molar-refractivity contribution is 7.47. The highest BCUT2D eigenvalue weighted by atomic mass is 31.2. The molecule has 0 aliphatic carbocycles. The van der Waals surface area contributed by atoms with Gasteiger partial charge in [-0.15, -0.1) is 0 Å². The number of allylic oxidation sites excluding steroid dienone is 6. The number of hydrogen-bond acceptors (Lipinski definition) is 8. The van der Waals surface area contributed by atoms with E-state index < -0.39 is 32.5 Å². The molecule has 0 aromatic rings. The summed E-state index contributed by atoms with van der Waals surface area (Å²) >= 11 is 0. The van der Waals surface area contributed by atoms with Gasteiger partial charge in [0.2, 0.25) is 0 Å². The van der Waals surface area contributed by atoms with Crippen molar-refractivity contribution in [1.82, 2.24) is 0 Å². The predicted molar refractivity (Wildman–Crippen MR) is 247 cm³/mol. The Bertz CT molecular complexity index is 1060. The minimum Gasteiger partial charge on any atom is -0.462 e. The molecule has 0 amide bonds. The van der Waals surface area contributed by atoms with E-state index in [4.69, 9.17) is 24.3 Å². The van der Waals surface area contributed by atoms with Crippen LogP contribution in [-0.4, -0.2) is 49.3 Å². The van der Waals surface area contributed by atoms with E-state index in [0.29, 0.717) is 12.8 Å². The topological polar surface area (TPSA) is 134 Å². The molecule has 10 heteroatoms. The second-order valence-electron chi connectivity index (χ2n) is 16.3. The van der Waals surface area contributed by atoms with E-state index in [1.807, 2.05) is 0 Å². The number of phosphoric ester groups is 1. The molecular formula is C49H92NO8P. The Morgan fingerprint density at radius 2 is 0.898 bits per heavy atom. The fourth-order valence-corrected chi connectivity index (χ4v) is 7.61. The molecule has 0 radical (unpaired) electrons. The van der Waals surface area contributed by atoms with Gasteiger partial charge < -0.3 is 20.1 Å². The van der Waals surface area contributed by atoms with Gasteiger partial charge in [-0.2, -0.15) is 0 Å². The molecule has 9 nitrogen and oxygen atoms in total. The summed E-state index contributed by atoms with van der Waals surface area (Å²) in [7, 11) is -4.39. The first-order valence-corrected chi connectivity index (χ1v) is 26.0. The van der Waals surface area contributed by atoms with E-state index in [1.165, 1.54) is 154 Å². The first-order valence-electron chi connectivity index (χ1n) is 24.5. The second-order valence-corrected chi connectivity index (χ2v) is 17.8. The van der Waals surface area contributed by atoms with Crippen molar-refractivity contribution < 1.29 is 37.6 Å². The number of carbonyl (C=O) groups excluding carboxylic acids is 2. The lowest BCUT2D eigenvalue weighted by atomic mass is 10.0. The minimum atomic E-state index is -4.39. The fourth-order valence-electron chi connectivity index (χ4n) is 6.85. The third-order valence-corrected chi connectivity index (χ3v) is 11.5. The van der Waals surface area contributed by atoms with Gasteiger partial charge in [0.1, 0.15) is 6.61 Å². The molecule has 2 atom stereocenters. The van der Waals surface area contributed by atoms with Crippen LogP contribution in [0.4, 0.5) is 0 Å². The lowest BCUT2D eigenvalue weighted by Gasteiger charge is -2.19. The van der Waals surface area contributed by atoms with Crippen molar-refractivity contribution >= 4 is 19.8 Å². The van der Waals surface area contributed by atoms with Crippen molar-refractivity contribution in [1.29, 1.82) is 0 Å². The molecule has 0 rings (SSSR count). The maximum absolute atomic E-state index is 12.6. The standard InChI is InChI=1S/C49H92NO8P/c1-3-5-7-9-11-13-15-17-19-20-21-22-23-24-25-26-28-30-32-34-36-38-40-42-49(52)58-47(46-57-59(53,54)56-44-43-50)45-55-48(51)41-39-37-35-33-31-29-27-18-16-14-12-10-8-6-4-2/h18,27,31,33-34,36,47H,3-17,19-26,28-30,32,35,37-46,50H2,1-2H3,(H,53,54)/b27-18+,33-31+,36-34+/t47-/m1/s1. The van der Waals surface area contributed by atoms with Crippen LogP contribution in [0, 0.1) is 0 Å². The van der Waals surface area contributed by atoms with E-state index in [2.05, 4.69) is 50.3 Å². The summed E-state index contributed by atoms with van der Waals surface area (Å²) in [6.45, 7) is 3.69. The van der Waals surface area contributed by atoms with Gasteiger partial charge in [0.25, 0.3) is 0 Å². The molecule has 0 fully saturated rings. The van der Waals surface area contributed by atoms with Gasteiger partial charge in [-0.1, -0.05) is 192 Å². The molecule has 0 aromatic heterocycles. The van der Waals surface area contributed by atoms with E-state index in [9.17, 15) is 19.0 Å². The zero-order valence-electron chi connectivity index (χ0n) is 38.2. The highest BCUT2D eigenvalue weighted by Crippen LogP contribution is 2.43. The van der Waals surface area contributed by atoms with Crippen LogP contribution < -0.4 is 5.73 Å². The Morgan fingerprint density at radius 3 is 1.36 bits per heavy atom. The Hall–Kier alpha value is -1.77. The number of ether oxygens (including phenoxy) is 2. The summed E-state index contributed by atoms with van der Waals surface area (Å²) in [5.41, 5.74) is 5.35. The highest BCUT2D eigenvalue weighted by Gasteiger charge is 2.26. The summed E-state index contributed by atoms with van der Waals surface area (Å²) in [6.07, 6.45) is 52.0. The number of phosphoric acid groups is 1. The molecule has 346 valence electrons. The van der Waals surface area contributed by atoms with E-state index in [0.717, 1.165) is 38.5 Å². The van der Waals surface area contributed by atoms with Crippen LogP contribution >= 0.6 is 7.82 Å². The zero-order chi connectivity index (χ0) is 43.2. The van der Waals surface area contributed by atoms with Crippen LogP contribution in [-0.2, 0) is 32.7 Å². The lowest BCUT2D eigenvalue weighted by molar-refractivity contribution is -0.161. The van der Waals surface area contributed by atoms with Crippen LogP contribution in [0.3, 0.4) is 0 Å². The quantitative estimate of drug-likeness (QED) is 0.0265. The average Bonchev–Trinajstić information content (AvgIpc) is 3.22. The molecule has 0 aliphatic heterocycles. The molecule has 0 aromatic carbocycles. The SMILES string of the molecule is CCCCCCCC/C=C/C/C=C/CCCCC(=O)OC[C@H](COP(=O)(O)OCCN)OC(=O)CCC/C=C/CCCCCCCCCCCCCCCCCCCC. The van der Waals surface area contributed by atoms with Gasteiger partial charge in [-0.05, 0) is 64.2 Å². The molecule has 59 heavy (non-hydrogen) atoms. The Labute approximate surface area is 363 Å². The summed E-state index contributed by atoms with van der Waals surface area (Å²) in [5.74, 6) is -0.898. The smallest absolute Gasteiger partial charge is 0.462 e. The number of nitrogens with two attached hydrogens (primary N) is 1. The van der Waals surface area contributed by atoms with Crippen molar-refractivity contribution in [2.24, 2.45) is 5.73 Å². The molecule has 3 N–H and O–H groups in total. The van der Waals surface area contributed by atoms with Crippen molar-refractivity contribution in [2.45, 2.75) is 238 Å². The van der Waals surface area contributed by atoms with Crippen LogP contribution in [0.25, 0.3) is 0 Å². The maximum atomic E-state index is 12.6. The normalized spacial score (nSPS) is 13.5. The Morgan fingerprint density at radius 1 is 0.508 bits per heavy atom. The third-order valence-electron chi connectivity index (χ3n) is 10.5. The van der Waals surface area contributed by atoms with Crippen molar-refractivity contribution in [3.8, 4) is 0 Å². The molecule has 1 unspecified atom stereocenters. The third kappa shape index (κ3) is 45.6. The summed E-state index contributed by atoms with van der Waals surface area (Å²) < 4.78 is 32.8. The lowest BCUT2D eigenvalue weighted by Crippen LogP contribution is -2.29. The van der Waals surface area contributed by atoms with Gasteiger partial charge in [0.15, 0.2) is 6.10 Å². The van der Waals surface area contributed by atoms with Crippen molar-refractivity contribution in [3.05, 3.63) is 36.5 Å². The van der Waals surface area contributed by atoms with Crippen LogP contribution in [0.5, 0.6) is 0 Å². The minimum absolute atomic E-state index is 0.0457. The molecular weight excluding hydrogens is 762 g/mol. The maximum Gasteiger partial charge on any atom is 0.472 e. The number of unbranched alkanes of at least 4 members (excludes halogenated alkanes) is 27. The van der Waals surface area contributed by atoms with E-state index in [-0.39, 0.29) is 32.6 Å². The number of carbonyl (C=O) groups is 2.